The number of nitrogens with one attached hydrogen (secondary N) is 1. The number of hydrogen-bond acceptors (Lipinski definition) is 3. The van der Waals surface area contributed by atoms with Crippen LogP contribution in [0.15, 0.2) is 27.4 Å². The summed E-state index contributed by atoms with van der Waals surface area (Å²) in [6.07, 6.45) is 0. The van der Waals surface area contributed by atoms with Crippen molar-refractivity contribution in [2.24, 2.45) is 7.05 Å². The van der Waals surface area contributed by atoms with Crippen LogP contribution in [0.25, 0.3) is 11.1 Å². The van der Waals surface area contributed by atoms with Crippen molar-refractivity contribution in [3.8, 4) is 0 Å². The molecule has 0 atom stereocenters. The standard InChI is InChI=1S/C10H10N2O3S/c1-12-7-3-2-6(5-11-9(13)16)4-8(7)15-10(12)14/h2-4H,5H2,1H3,(H2,11,13,16). The van der Waals surface area contributed by atoms with Gasteiger partial charge in [0.25, 0.3) is 5.24 Å². The molecular formula is C10H10N2O3S. The topological polar surface area (TPSA) is 64.2 Å². The van der Waals surface area contributed by atoms with Gasteiger partial charge in [0.05, 0.1) is 5.52 Å². The highest BCUT2D eigenvalue weighted by molar-refractivity contribution is 7.96. The van der Waals surface area contributed by atoms with Crippen LogP contribution in [0.2, 0.25) is 0 Å². The number of aryl methyl sites for hydroxylation is 1. The number of oxazole rings is 1. The molecule has 1 aromatic heterocycles. The van der Waals surface area contributed by atoms with Crippen LogP contribution in [0.1, 0.15) is 5.56 Å². The fourth-order valence-electron chi connectivity index (χ4n) is 1.47. The predicted molar refractivity (Wildman–Crippen MR) is 62.7 cm³/mol. The van der Waals surface area contributed by atoms with Gasteiger partial charge in [-0.2, -0.15) is 0 Å². The molecule has 0 aliphatic rings. The second-order valence-electron chi connectivity index (χ2n) is 3.39. The quantitative estimate of drug-likeness (QED) is 0.774. The van der Waals surface area contributed by atoms with E-state index in [0.29, 0.717) is 12.1 Å². The minimum Gasteiger partial charge on any atom is -0.408 e. The van der Waals surface area contributed by atoms with E-state index < -0.39 is 11.0 Å². The molecule has 0 fully saturated rings. The van der Waals surface area contributed by atoms with Crippen molar-refractivity contribution in [3.05, 3.63) is 34.3 Å². The van der Waals surface area contributed by atoms with Gasteiger partial charge >= 0.3 is 5.76 Å². The van der Waals surface area contributed by atoms with E-state index >= 15 is 0 Å². The number of carbonyl (C=O) groups is 1. The van der Waals surface area contributed by atoms with E-state index in [1.807, 2.05) is 6.07 Å². The van der Waals surface area contributed by atoms with E-state index in [1.165, 1.54) is 4.57 Å². The monoisotopic (exact) mass is 238 g/mol. The number of benzene rings is 1. The van der Waals surface area contributed by atoms with E-state index in [-0.39, 0.29) is 0 Å². The Morgan fingerprint density at radius 3 is 3.00 bits per heavy atom. The van der Waals surface area contributed by atoms with Crippen molar-refractivity contribution in [3.63, 3.8) is 0 Å². The van der Waals surface area contributed by atoms with E-state index in [4.69, 9.17) is 4.42 Å². The van der Waals surface area contributed by atoms with Crippen LogP contribution in [0, 0.1) is 0 Å². The number of fused-ring (bicyclic) bond motifs is 1. The van der Waals surface area contributed by atoms with Gasteiger partial charge in [-0.25, -0.2) is 4.79 Å². The van der Waals surface area contributed by atoms with Crippen molar-refractivity contribution < 1.29 is 9.21 Å². The SMILES string of the molecule is Cn1c(=O)oc2cc(CNC(=O)S)ccc21. The van der Waals surface area contributed by atoms with Crippen LogP contribution in [0.3, 0.4) is 0 Å². The molecule has 16 heavy (non-hydrogen) atoms. The molecule has 0 radical (unpaired) electrons. The van der Waals surface area contributed by atoms with E-state index in [1.54, 1.807) is 19.2 Å². The Balaban J connectivity index is 2.37. The minimum absolute atomic E-state index is 0.358. The van der Waals surface area contributed by atoms with Crippen LogP contribution in [0.4, 0.5) is 4.79 Å². The molecular weight excluding hydrogens is 228 g/mol. The van der Waals surface area contributed by atoms with Gasteiger partial charge in [0.15, 0.2) is 5.58 Å². The average Bonchev–Trinajstić information content (AvgIpc) is 2.52. The molecule has 0 bridgehead atoms. The lowest BCUT2D eigenvalue weighted by molar-refractivity contribution is 0.260. The molecule has 1 amide bonds. The first-order valence-corrected chi connectivity index (χ1v) is 5.08. The van der Waals surface area contributed by atoms with Crippen molar-refractivity contribution in [2.45, 2.75) is 6.54 Å². The number of amides is 1. The third-order valence-corrected chi connectivity index (χ3v) is 2.46. The molecule has 1 N–H and O–H groups in total. The molecule has 0 aliphatic carbocycles. The van der Waals surface area contributed by atoms with Gasteiger partial charge < -0.3 is 9.73 Å². The van der Waals surface area contributed by atoms with Gasteiger partial charge in [-0.15, -0.1) is 0 Å². The summed E-state index contributed by atoms with van der Waals surface area (Å²) < 4.78 is 6.45. The van der Waals surface area contributed by atoms with Crippen LogP contribution in [-0.2, 0) is 13.6 Å². The maximum Gasteiger partial charge on any atom is 0.419 e. The number of rotatable bonds is 2. The van der Waals surface area contributed by atoms with Crippen molar-refractivity contribution in [1.29, 1.82) is 0 Å². The summed E-state index contributed by atoms with van der Waals surface area (Å²) in [4.78, 5) is 21.8. The summed E-state index contributed by atoms with van der Waals surface area (Å²) in [6.45, 7) is 0.358. The molecule has 84 valence electrons. The Labute approximate surface area is 96.5 Å². The molecule has 1 heterocycles. The second kappa shape index (κ2) is 4.05. The molecule has 0 aliphatic heterocycles. The molecule has 0 unspecified atom stereocenters. The summed E-state index contributed by atoms with van der Waals surface area (Å²) in [7, 11) is 1.64. The summed E-state index contributed by atoms with van der Waals surface area (Å²) in [6, 6.07) is 5.32. The van der Waals surface area contributed by atoms with Crippen LogP contribution in [0.5, 0.6) is 0 Å². The Bertz CT molecular complexity index is 600. The maximum absolute atomic E-state index is 11.2. The third kappa shape index (κ3) is 1.96. The third-order valence-electron chi connectivity index (χ3n) is 2.30. The number of nitrogens with zero attached hydrogens (tertiary/aromatic N) is 1. The summed E-state index contributed by atoms with van der Waals surface area (Å²) >= 11 is 3.59. The average molecular weight is 238 g/mol. The smallest absolute Gasteiger partial charge is 0.408 e. The van der Waals surface area contributed by atoms with Crippen molar-refractivity contribution in [1.82, 2.24) is 9.88 Å². The molecule has 0 saturated heterocycles. The van der Waals surface area contributed by atoms with Gasteiger partial charge in [0, 0.05) is 13.6 Å². The lowest BCUT2D eigenvalue weighted by Crippen LogP contribution is -2.15. The predicted octanol–water partition coefficient (Wildman–Crippen LogP) is 1.27. The lowest BCUT2D eigenvalue weighted by Gasteiger charge is -2.01. The molecule has 6 heteroatoms. The van der Waals surface area contributed by atoms with Gasteiger partial charge in [-0.1, -0.05) is 18.7 Å². The first-order chi connectivity index (χ1) is 7.58. The highest BCUT2D eigenvalue weighted by Crippen LogP contribution is 2.14. The number of aromatic nitrogens is 1. The van der Waals surface area contributed by atoms with Gasteiger partial charge in [0.2, 0.25) is 0 Å². The Morgan fingerprint density at radius 1 is 1.56 bits per heavy atom. The van der Waals surface area contributed by atoms with Crippen LogP contribution in [-0.4, -0.2) is 9.81 Å². The first-order valence-electron chi connectivity index (χ1n) is 4.63. The molecule has 5 nitrogen and oxygen atoms in total. The maximum atomic E-state index is 11.2. The van der Waals surface area contributed by atoms with Gasteiger partial charge in [-0.3, -0.25) is 9.36 Å². The van der Waals surface area contributed by atoms with Crippen molar-refractivity contribution >= 4 is 29.0 Å². The summed E-state index contributed by atoms with van der Waals surface area (Å²) in [5.74, 6) is -0.398. The Kier molecular flexibility index (Phi) is 2.74. The number of thiol groups is 1. The molecule has 2 rings (SSSR count). The number of hydrogen-bond donors (Lipinski definition) is 2. The van der Waals surface area contributed by atoms with Gasteiger partial charge in [0.1, 0.15) is 0 Å². The van der Waals surface area contributed by atoms with E-state index in [2.05, 4.69) is 17.9 Å². The van der Waals surface area contributed by atoms with Crippen LogP contribution >= 0.6 is 12.6 Å². The number of carbonyl (C=O) groups excluding carboxylic acids is 1. The van der Waals surface area contributed by atoms with Gasteiger partial charge in [-0.05, 0) is 17.7 Å². The highest BCUT2D eigenvalue weighted by Gasteiger charge is 2.06. The largest absolute Gasteiger partial charge is 0.419 e. The molecule has 0 saturated carbocycles. The Hall–Kier alpha value is -1.69. The van der Waals surface area contributed by atoms with Crippen LogP contribution < -0.4 is 11.1 Å². The summed E-state index contributed by atoms with van der Waals surface area (Å²) in [5, 5.41) is 2.15. The summed E-state index contributed by atoms with van der Waals surface area (Å²) in [5.41, 5.74) is 2.09. The Morgan fingerprint density at radius 2 is 2.31 bits per heavy atom. The van der Waals surface area contributed by atoms with E-state index in [9.17, 15) is 9.59 Å². The fourth-order valence-corrected chi connectivity index (χ4v) is 1.54. The first kappa shape index (κ1) is 10.8. The highest BCUT2D eigenvalue weighted by atomic mass is 32.1. The molecule has 1 aromatic carbocycles. The zero-order chi connectivity index (χ0) is 11.7. The van der Waals surface area contributed by atoms with E-state index in [0.717, 1.165) is 11.1 Å². The second-order valence-corrected chi connectivity index (χ2v) is 3.79. The normalized spacial score (nSPS) is 10.6. The minimum atomic E-state index is -0.398. The van der Waals surface area contributed by atoms with Crippen molar-refractivity contribution in [2.75, 3.05) is 0 Å². The zero-order valence-electron chi connectivity index (χ0n) is 8.56. The molecule has 2 aromatic rings. The molecule has 0 spiro atoms. The fraction of sp³-hybridized carbons (Fsp3) is 0.200. The zero-order valence-corrected chi connectivity index (χ0v) is 9.45. The lowest BCUT2D eigenvalue weighted by atomic mass is 10.2.